The van der Waals surface area contributed by atoms with Gasteiger partial charge in [0.2, 0.25) is 0 Å². The van der Waals surface area contributed by atoms with Crippen molar-refractivity contribution >= 4 is 27.3 Å². The summed E-state index contributed by atoms with van der Waals surface area (Å²) in [5, 5.41) is 8.91. The first-order valence-electron chi connectivity index (χ1n) is 9.83. The van der Waals surface area contributed by atoms with Gasteiger partial charge < -0.3 is 9.30 Å². The lowest BCUT2D eigenvalue weighted by atomic mass is 9.87. The highest BCUT2D eigenvalue weighted by atomic mass is 35.5. The van der Waals surface area contributed by atoms with Crippen LogP contribution in [0.25, 0.3) is 11.4 Å². The highest BCUT2D eigenvalue weighted by Crippen LogP contribution is 2.32. The SMILES string of the molecule is COCCc1nnc(-c2cc(Cl)ccc2NS(=O)(=O)c2ccc(C(C)(C)C)cc2)n1C. The Balaban J connectivity index is 1.97. The van der Waals surface area contributed by atoms with Gasteiger partial charge in [-0.3, -0.25) is 4.72 Å². The number of anilines is 1. The van der Waals surface area contributed by atoms with Gasteiger partial charge in [-0.1, -0.05) is 44.5 Å². The predicted octanol–water partition coefficient (Wildman–Crippen LogP) is 4.42. The minimum atomic E-state index is -3.81. The van der Waals surface area contributed by atoms with E-state index in [9.17, 15) is 8.42 Å². The maximum Gasteiger partial charge on any atom is 0.261 e. The van der Waals surface area contributed by atoms with Gasteiger partial charge in [-0.15, -0.1) is 10.2 Å². The number of hydrogen-bond acceptors (Lipinski definition) is 5. The van der Waals surface area contributed by atoms with Crippen LogP contribution in [0.3, 0.4) is 0 Å². The molecule has 2 aromatic carbocycles. The minimum Gasteiger partial charge on any atom is -0.384 e. The summed E-state index contributed by atoms with van der Waals surface area (Å²) in [4.78, 5) is 0.181. The van der Waals surface area contributed by atoms with Crippen molar-refractivity contribution in [3.05, 3.63) is 58.9 Å². The Morgan fingerprint density at radius 3 is 2.39 bits per heavy atom. The molecular formula is C22H27ClN4O3S. The van der Waals surface area contributed by atoms with Crippen LogP contribution in [0.4, 0.5) is 5.69 Å². The van der Waals surface area contributed by atoms with Crippen molar-refractivity contribution in [1.29, 1.82) is 0 Å². The van der Waals surface area contributed by atoms with Gasteiger partial charge in [0.25, 0.3) is 10.0 Å². The van der Waals surface area contributed by atoms with Gasteiger partial charge in [0.1, 0.15) is 5.82 Å². The van der Waals surface area contributed by atoms with E-state index in [4.69, 9.17) is 16.3 Å². The van der Waals surface area contributed by atoms with Crippen molar-refractivity contribution in [2.45, 2.75) is 37.5 Å². The number of halogens is 1. The first kappa shape index (κ1) is 23.2. The summed E-state index contributed by atoms with van der Waals surface area (Å²) in [5.74, 6) is 1.23. The standard InChI is InChI=1S/C22H27ClN4O3S/c1-22(2,3)15-6-9-17(10-7-15)31(28,29)26-19-11-8-16(23)14-18(19)21-25-24-20(27(21)4)12-13-30-5/h6-11,14,26H,12-13H2,1-5H3. The first-order valence-corrected chi connectivity index (χ1v) is 11.7. The normalized spacial score (nSPS) is 12.2. The number of nitrogens with zero attached hydrogens (tertiary/aromatic N) is 3. The second kappa shape index (κ2) is 8.98. The van der Waals surface area contributed by atoms with Crippen molar-refractivity contribution in [2.75, 3.05) is 18.4 Å². The van der Waals surface area contributed by atoms with Crippen molar-refractivity contribution in [3.63, 3.8) is 0 Å². The highest BCUT2D eigenvalue weighted by molar-refractivity contribution is 7.92. The number of rotatable bonds is 7. The molecule has 0 atom stereocenters. The molecule has 0 unspecified atom stereocenters. The zero-order valence-electron chi connectivity index (χ0n) is 18.3. The predicted molar refractivity (Wildman–Crippen MR) is 123 cm³/mol. The molecule has 9 heteroatoms. The molecule has 0 aliphatic heterocycles. The molecule has 1 N–H and O–H groups in total. The van der Waals surface area contributed by atoms with E-state index in [1.165, 1.54) is 0 Å². The summed E-state index contributed by atoms with van der Waals surface area (Å²) >= 11 is 6.20. The first-order chi connectivity index (χ1) is 14.5. The van der Waals surface area contributed by atoms with Crippen LogP contribution in [0.2, 0.25) is 5.02 Å². The van der Waals surface area contributed by atoms with Crippen LogP contribution in [0.15, 0.2) is 47.4 Å². The van der Waals surface area contributed by atoms with E-state index in [0.717, 1.165) is 11.4 Å². The van der Waals surface area contributed by atoms with Gasteiger partial charge in [0.05, 0.1) is 17.2 Å². The second-order valence-corrected chi connectivity index (χ2v) is 10.4. The molecule has 0 aliphatic rings. The molecule has 0 saturated carbocycles. The Bertz CT molecular complexity index is 1170. The van der Waals surface area contributed by atoms with Gasteiger partial charge in [0.15, 0.2) is 5.82 Å². The molecule has 0 bridgehead atoms. The van der Waals surface area contributed by atoms with Crippen LogP contribution in [0, 0.1) is 0 Å². The smallest absolute Gasteiger partial charge is 0.261 e. The van der Waals surface area contributed by atoms with Gasteiger partial charge in [0, 0.05) is 31.2 Å². The third-order valence-electron chi connectivity index (χ3n) is 4.99. The van der Waals surface area contributed by atoms with Crippen molar-refractivity contribution in [3.8, 4) is 11.4 Å². The van der Waals surface area contributed by atoms with Gasteiger partial charge in [-0.05, 0) is 41.3 Å². The molecule has 0 saturated heterocycles. The van der Waals surface area contributed by atoms with Crippen LogP contribution in [0.5, 0.6) is 0 Å². The lowest BCUT2D eigenvalue weighted by molar-refractivity contribution is 0.200. The average molecular weight is 463 g/mol. The number of benzene rings is 2. The summed E-state index contributed by atoms with van der Waals surface area (Å²) in [6.45, 7) is 6.75. The summed E-state index contributed by atoms with van der Waals surface area (Å²) in [7, 11) is -0.365. The maximum absolute atomic E-state index is 13.1. The van der Waals surface area contributed by atoms with E-state index in [0.29, 0.717) is 35.1 Å². The van der Waals surface area contributed by atoms with E-state index >= 15 is 0 Å². The van der Waals surface area contributed by atoms with Crippen molar-refractivity contribution in [2.24, 2.45) is 7.05 Å². The van der Waals surface area contributed by atoms with Crippen molar-refractivity contribution < 1.29 is 13.2 Å². The van der Waals surface area contributed by atoms with Gasteiger partial charge in [-0.25, -0.2) is 8.42 Å². The largest absolute Gasteiger partial charge is 0.384 e. The van der Waals surface area contributed by atoms with Crippen molar-refractivity contribution in [1.82, 2.24) is 14.8 Å². The molecule has 0 spiro atoms. The third-order valence-corrected chi connectivity index (χ3v) is 6.61. The quantitative estimate of drug-likeness (QED) is 0.561. The second-order valence-electron chi connectivity index (χ2n) is 8.31. The number of methoxy groups -OCH3 is 1. The average Bonchev–Trinajstić information content (AvgIpc) is 3.07. The van der Waals surface area contributed by atoms with Crippen LogP contribution < -0.4 is 4.72 Å². The Kier molecular flexibility index (Phi) is 6.73. The molecule has 31 heavy (non-hydrogen) atoms. The van der Waals surface area contributed by atoms with E-state index in [2.05, 4.69) is 35.7 Å². The fourth-order valence-corrected chi connectivity index (χ4v) is 4.39. The summed E-state index contributed by atoms with van der Waals surface area (Å²) in [5.41, 5.74) is 1.91. The lowest BCUT2D eigenvalue weighted by Crippen LogP contribution is -2.15. The Hall–Kier alpha value is -2.42. The molecule has 1 heterocycles. The molecule has 0 amide bonds. The summed E-state index contributed by atoms with van der Waals surface area (Å²) in [6.07, 6.45) is 0.585. The third kappa shape index (κ3) is 5.26. The number of hydrogen-bond donors (Lipinski definition) is 1. The van der Waals surface area contributed by atoms with E-state index in [1.54, 1.807) is 42.0 Å². The summed E-state index contributed by atoms with van der Waals surface area (Å²) < 4.78 is 35.7. The number of ether oxygens (including phenoxy) is 1. The lowest BCUT2D eigenvalue weighted by Gasteiger charge is -2.19. The van der Waals surface area contributed by atoms with E-state index < -0.39 is 10.0 Å². The summed E-state index contributed by atoms with van der Waals surface area (Å²) in [6, 6.07) is 11.8. The Morgan fingerprint density at radius 2 is 1.77 bits per heavy atom. The Labute approximate surface area is 188 Å². The molecule has 0 radical (unpaired) electrons. The molecule has 166 valence electrons. The molecule has 0 fully saturated rings. The zero-order valence-corrected chi connectivity index (χ0v) is 19.9. The number of nitrogens with one attached hydrogen (secondary N) is 1. The van der Waals surface area contributed by atoms with Crippen LogP contribution in [0.1, 0.15) is 32.2 Å². The molecular weight excluding hydrogens is 436 g/mol. The fraction of sp³-hybridized carbons (Fsp3) is 0.364. The molecule has 1 aromatic heterocycles. The van der Waals surface area contributed by atoms with Gasteiger partial charge >= 0.3 is 0 Å². The molecule has 3 rings (SSSR count). The maximum atomic E-state index is 13.1. The van der Waals surface area contributed by atoms with Crippen LogP contribution in [-0.2, 0) is 33.6 Å². The van der Waals surface area contributed by atoms with E-state index in [1.807, 2.05) is 19.2 Å². The number of sulfonamides is 1. The molecule has 3 aromatic rings. The van der Waals surface area contributed by atoms with Crippen LogP contribution >= 0.6 is 11.6 Å². The minimum absolute atomic E-state index is 0.0647. The van der Waals surface area contributed by atoms with Gasteiger partial charge in [-0.2, -0.15) is 0 Å². The highest BCUT2D eigenvalue weighted by Gasteiger charge is 2.21. The monoisotopic (exact) mass is 462 g/mol. The zero-order chi connectivity index (χ0) is 22.8. The molecule has 7 nitrogen and oxygen atoms in total. The van der Waals surface area contributed by atoms with Crippen LogP contribution in [-0.4, -0.2) is 36.9 Å². The topological polar surface area (TPSA) is 86.1 Å². The fourth-order valence-electron chi connectivity index (χ4n) is 3.14. The molecule has 0 aliphatic carbocycles. The van der Waals surface area contributed by atoms with E-state index in [-0.39, 0.29) is 10.3 Å². The number of aromatic nitrogens is 3. The Morgan fingerprint density at radius 1 is 1.10 bits per heavy atom.